The van der Waals surface area contributed by atoms with Gasteiger partial charge in [-0.25, -0.2) is 0 Å². The van der Waals surface area contributed by atoms with E-state index in [1.807, 2.05) is 58.0 Å². The number of rotatable bonds is 3. The maximum atomic E-state index is 13.0. The molecule has 1 aromatic carbocycles. The van der Waals surface area contributed by atoms with E-state index in [-0.39, 0.29) is 24.3 Å². The molecule has 1 aromatic rings. The molecule has 1 heterocycles. The first kappa shape index (κ1) is 17.9. The van der Waals surface area contributed by atoms with Gasteiger partial charge in [-0.3, -0.25) is 9.59 Å². The van der Waals surface area contributed by atoms with E-state index in [1.54, 1.807) is 4.90 Å². The third-order valence-corrected chi connectivity index (χ3v) is 5.36. The zero-order valence-electron chi connectivity index (χ0n) is 15.4. The number of aliphatic hydroxyl groups excluding tert-OH is 1. The molecule has 4 unspecified atom stereocenters. The number of amides is 1. The van der Waals surface area contributed by atoms with Gasteiger partial charge in [-0.1, -0.05) is 30.3 Å². The molecule has 136 valence electrons. The average molecular weight is 345 g/mol. The molecule has 5 nitrogen and oxygen atoms in total. The first-order valence-electron chi connectivity index (χ1n) is 8.91. The number of carbonyl (C=O) groups is 2. The quantitative estimate of drug-likeness (QED) is 0.856. The number of carbonyl (C=O) groups excluding carboxylic acids is 2. The second-order valence-corrected chi connectivity index (χ2v) is 8.36. The van der Waals surface area contributed by atoms with Crippen molar-refractivity contribution in [2.45, 2.75) is 58.3 Å². The minimum atomic E-state index is -0.938. The summed E-state index contributed by atoms with van der Waals surface area (Å²) in [6.45, 7) is 7.75. The van der Waals surface area contributed by atoms with Crippen molar-refractivity contribution in [3.8, 4) is 0 Å². The fourth-order valence-electron chi connectivity index (χ4n) is 4.15. The molecule has 0 spiro atoms. The highest BCUT2D eigenvalue weighted by molar-refractivity contribution is 5.93. The van der Waals surface area contributed by atoms with Gasteiger partial charge < -0.3 is 14.7 Å². The SMILES string of the molecule is CC(c1ccccc1)N1CC2(C(=O)OC(C)(C)C)CC(O)CC2C1=O. The Morgan fingerprint density at radius 1 is 1.32 bits per heavy atom. The third kappa shape index (κ3) is 3.17. The smallest absolute Gasteiger partial charge is 0.315 e. The number of likely N-dealkylation sites (tertiary alicyclic amines) is 1. The Bertz CT molecular complexity index is 666. The molecule has 1 N–H and O–H groups in total. The molecule has 0 aromatic heterocycles. The lowest BCUT2D eigenvalue weighted by molar-refractivity contribution is -0.169. The lowest BCUT2D eigenvalue weighted by Gasteiger charge is -2.31. The van der Waals surface area contributed by atoms with E-state index in [9.17, 15) is 14.7 Å². The Hall–Kier alpha value is -1.88. The number of hydrogen-bond donors (Lipinski definition) is 1. The highest BCUT2D eigenvalue weighted by Gasteiger charge is 2.63. The van der Waals surface area contributed by atoms with Gasteiger partial charge in [-0.05, 0) is 46.1 Å². The summed E-state index contributed by atoms with van der Waals surface area (Å²) in [5.41, 5.74) is -0.520. The van der Waals surface area contributed by atoms with Crippen LogP contribution in [0, 0.1) is 11.3 Å². The van der Waals surface area contributed by atoms with Crippen LogP contribution in [0.25, 0.3) is 0 Å². The first-order chi connectivity index (χ1) is 11.6. The van der Waals surface area contributed by atoms with Gasteiger partial charge in [0.05, 0.1) is 23.5 Å². The topological polar surface area (TPSA) is 66.8 Å². The molecular formula is C20H27NO4. The summed E-state index contributed by atoms with van der Waals surface area (Å²) in [6, 6.07) is 9.69. The van der Waals surface area contributed by atoms with Crippen LogP contribution in [-0.2, 0) is 14.3 Å². The average Bonchev–Trinajstić information content (AvgIpc) is 3.00. The van der Waals surface area contributed by atoms with Crippen LogP contribution in [0.1, 0.15) is 52.1 Å². The molecule has 3 rings (SSSR count). The number of benzene rings is 1. The first-order valence-corrected chi connectivity index (χ1v) is 8.91. The van der Waals surface area contributed by atoms with E-state index in [0.717, 1.165) is 5.56 Å². The lowest BCUT2D eigenvalue weighted by atomic mass is 9.80. The standard InChI is InChI=1S/C20H27NO4/c1-13(14-8-6-5-7-9-14)21-12-20(18(24)25-19(2,3)4)11-15(22)10-16(20)17(21)23/h5-9,13,15-16,22H,10-12H2,1-4H3. The van der Waals surface area contributed by atoms with Crippen molar-refractivity contribution in [2.75, 3.05) is 6.54 Å². The second kappa shape index (κ2) is 6.13. The number of hydrogen-bond acceptors (Lipinski definition) is 4. The minimum absolute atomic E-state index is 0.0567. The van der Waals surface area contributed by atoms with Crippen LogP contribution in [0.4, 0.5) is 0 Å². The fourth-order valence-corrected chi connectivity index (χ4v) is 4.15. The van der Waals surface area contributed by atoms with Crippen molar-refractivity contribution in [3.05, 3.63) is 35.9 Å². The molecule has 0 radical (unpaired) electrons. The second-order valence-electron chi connectivity index (χ2n) is 8.36. The number of esters is 1. The zero-order valence-corrected chi connectivity index (χ0v) is 15.4. The lowest BCUT2D eigenvalue weighted by Crippen LogP contribution is -2.41. The molecule has 1 saturated heterocycles. The number of aliphatic hydroxyl groups is 1. The molecule has 4 atom stereocenters. The van der Waals surface area contributed by atoms with Crippen molar-refractivity contribution in [2.24, 2.45) is 11.3 Å². The zero-order chi connectivity index (χ0) is 18.4. The molecule has 1 amide bonds. The van der Waals surface area contributed by atoms with Gasteiger partial charge in [-0.2, -0.15) is 0 Å². The van der Waals surface area contributed by atoms with Crippen LogP contribution in [0.5, 0.6) is 0 Å². The van der Waals surface area contributed by atoms with Crippen LogP contribution < -0.4 is 0 Å². The molecule has 1 saturated carbocycles. The Labute approximate surface area is 149 Å². The van der Waals surface area contributed by atoms with E-state index in [0.29, 0.717) is 13.0 Å². The van der Waals surface area contributed by atoms with Crippen molar-refractivity contribution in [1.82, 2.24) is 4.90 Å². The predicted octanol–water partition coefficient (Wildman–Crippen LogP) is 2.69. The predicted molar refractivity (Wildman–Crippen MR) is 93.6 cm³/mol. The third-order valence-electron chi connectivity index (χ3n) is 5.36. The van der Waals surface area contributed by atoms with Crippen LogP contribution >= 0.6 is 0 Å². The highest BCUT2D eigenvalue weighted by atomic mass is 16.6. The summed E-state index contributed by atoms with van der Waals surface area (Å²) in [5.74, 6) is -0.917. The van der Waals surface area contributed by atoms with Crippen LogP contribution in [-0.4, -0.2) is 40.1 Å². The van der Waals surface area contributed by atoms with E-state index in [2.05, 4.69) is 0 Å². The monoisotopic (exact) mass is 345 g/mol. The summed E-state index contributed by atoms with van der Waals surface area (Å²) in [6.07, 6.45) is -0.0116. The normalized spacial score (nSPS) is 30.3. The molecule has 1 aliphatic heterocycles. The Morgan fingerprint density at radius 3 is 2.56 bits per heavy atom. The van der Waals surface area contributed by atoms with Gasteiger partial charge in [0.1, 0.15) is 5.60 Å². The molecule has 5 heteroatoms. The largest absolute Gasteiger partial charge is 0.459 e. The number of nitrogens with zero attached hydrogens (tertiary/aromatic N) is 1. The highest BCUT2D eigenvalue weighted by Crippen LogP contribution is 2.52. The maximum Gasteiger partial charge on any atom is 0.315 e. The molecule has 2 aliphatic rings. The Morgan fingerprint density at radius 2 is 1.96 bits per heavy atom. The summed E-state index contributed by atoms with van der Waals surface area (Å²) in [7, 11) is 0. The van der Waals surface area contributed by atoms with Gasteiger partial charge in [0.15, 0.2) is 0 Å². The maximum absolute atomic E-state index is 13.0. The van der Waals surface area contributed by atoms with E-state index < -0.39 is 23.0 Å². The molecule has 25 heavy (non-hydrogen) atoms. The van der Waals surface area contributed by atoms with Gasteiger partial charge in [0, 0.05) is 6.54 Å². The summed E-state index contributed by atoms with van der Waals surface area (Å²) in [4.78, 5) is 27.8. The van der Waals surface area contributed by atoms with Crippen molar-refractivity contribution in [3.63, 3.8) is 0 Å². The van der Waals surface area contributed by atoms with E-state index in [4.69, 9.17) is 4.74 Å². The minimum Gasteiger partial charge on any atom is -0.459 e. The van der Waals surface area contributed by atoms with Crippen LogP contribution in [0.3, 0.4) is 0 Å². The number of ether oxygens (including phenoxy) is 1. The molecule has 0 bridgehead atoms. The van der Waals surface area contributed by atoms with Crippen molar-refractivity contribution >= 4 is 11.9 Å². The Kier molecular flexibility index (Phi) is 4.40. The summed E-state index contributed by atoms with van der Waals surface area (Å²) >= 11 is 0. The summed E-state index contributed by atoms with van der Waals surface area (Å²) in [5, 5.41) is 10.1. The molecule has 1 aliphatic carbocycles. The van der Waals surface area contributed by atoms with E-state index in [1.165, 1.54) is 0 Å². The number of fused-ring (bicyclic) bond motifs is 1. The Balaban J connectivity index is 1.90. The molecule has 2 fully saturated rings. The fraction of sp³-hybridized carbons (Fsp3) is 0.600. The van der Waals surface area contributed by atoms with Crippen molar-refractivity contribution < 1.29 is 19.4 Å². The van der Waals surface area contributed by atoms with Crippen molar-refractivity contribution in [1.29, 1.82) is 0 Å². The van der Waals surface area contributed by atoms with Crippen LogP contribution in [0.2, 0.25) is 0 Å². The van der Waals surface area contributed by atoms with Gasteiger partial charge in [-0.15, -0.1) is 0 Å². The van der Waals surface area contributed by atoms with Gasteiger partial charge in [0.2, 0.25) is 5.91 Å². The summed E-state index contributed by atoms with van der Waals surface area (Å²) < 4.78 is 5.63. The molecular weight excluding hydrogens is 318 g/mol. The van der Waals surface area contributed by atoms with Gasteiger partial charge in [0.25, 0.3) is 0 Å². The van der Waals surface area contributed by atoms with Crippen LogP contribution in [0.15, 0.2) is 30.3 Å². The van der Waals surface area contributed by atoms with Gasteiger partial charge >= 0.3 is 5.97 Å². The van der Waals surface area contributed by atoms with E-state index >= 15 is 0 Å².